The SMILES string of the molecule is CC(C)NOC(C)Oc1ccc(COC(=O)C(C)C)cc1. The Morgan fingerprint density at radius 1 is 1.10 bits per heavy atom. The van der Waals surface area contributed by atoms with Crippen LogP contribution in [0.5, 0.6) is 5.75 Å². The summed E-state index contributed by atoms with van der Waals surface area (Å²) in [4.78, 5) is 16.7. The van der Waals surface area contributed by atoms with Gasteiger partial charge < -0.3 is 9.47 Å². The third kappa shape index (κ3) is 7.11. The van der Waals surface area contributed by atoms with Crippen LogP contribution in [0.2, 0.25) is 0 Å². The van der Waals surface area contributed by atoms with E-state index in [0.29, 0.717) is 5.75 Å². The number of benzene rings is 1. The van der Waals surface area contributed by atoms with E-state index in [1.54, 1.807) is 0 Å². The van der Waals surface area contributed by atoms with Crippen LogP contribution in [-0.4, -0.2) is 18.3 Å². The molecule has 118 valence electrons. The first kappa shape index (κ1) is 17.5. The van der Waals surface area contributed by atoms with Crippen molar-refractivity contribution in [2.75, 3.05) is 0 Å². The minimum absolute atomic E-state index is 0.112. The summed E-state index contributed by atoms with van der Waals surface area (Å²) in [7, 11) is 0. The second kappa shape index (κ2) is 8.64. The van der Waals surface area contributed by atoms with E-state index in [0.717, 1.165) is 5.56 Å². The van der Waals surface area contributed by atoms with Gasteiger partial charge in [0.25, 0.3) is 0 Å². The molecule has 0 aliphatic rings. The van der Waals surface area contributed by atoms with Gasteiger partial charge in [-0.2, -0.15) is 5.48 Å². The van der Waals surface area contributed by atoms with E-state index < -0.39 is 6.29 Å². The van der Waals surface area contributed by atoms with Crippen LogP contribution >= 0.6 is 0 Å². The van der Waals surface area contributed by atoms with Crippen LogP contribution < -0.4 is 10.2 Å². The van der Waals surface area contributed by atoms with Gasteiger partial charge in [0, 0.05) is 6.04 Å². The van der Waals surface area contributed by atoms with E-state index >= 15 is 0 Å². The Bertz CT molecular complexity index is 428. The normalized spacial score (nSPS) is 12.5. The Labute approximate surface area is 126 Å². The third-order valence-corrected chi connectivity index (χ3v) is 2.55. The fourth-order valence-corrected chi connectivity index (χ4v) is 1.43. The van der Waals surface area contributed by atoms with Gasteiger partial charge in [0.05, 0.1) is 5.92 Å². The summed E-state index contributed by atoms with van der Waals surface area (Å²) in [6.07, 6.45) is -0.392. The first-order valence-electron chi connectivity index (χ1n) is 7.22. The van der Waals surface area contributed by atoms with Crippen molar-refractivity contribution in [2.45, 2.75) is 53.6 Å². The quantitative estimate of drug-likeness (QED) is 0.454. The van der Waals surface area contributed by atoms with Crippen LogP contribution in [0.25, 0.3) is 0 Å². The van der Waals surface area contributed by atoms with E-state index in [4.69, 9.17) is 14.3 Å². The Balaban J connectivity index is 2.41. The summed E-state index contributed by atoms with van der Waals surface area (Å²) in [5.41, 5.74) is 3.76. The molecule has 0 heterocycles. The molecule has 1 N–H and O–H groups in total. The maximum atomic E-state index is 11.4. The number of rotatable bonds is 8. The Morgan fingerprint density at radius 2 is 1.71 bits per heavy atom. The molecule has 0 amide bonds. The van der Waals surface area contributed by atoms with E-state index in [1.807, 2.05) is 58.9 Å². The molecule has 5 heteroatoms. The molecular formula is C16H25NO4. The van der Waals surface area contributed by atoms with Gasteiger partial charge in [-0.1, -0.05) is 26.0 Å². The zero-order chi connectivity index (χ0) is 15.8. The van der Waals surface area contributed by atoms with Crippen molar-refractivity contribution in [3.8, 4) is 5.75 Å². The van der Waals surface area contributed by atoms with Crippen molar-refractivity contribution in [3.63, 3.8) is 0 Å². The Morgan fingerprint density at radius 3 is 2.24 bits per heavy atom. The van der Waals surface area contributed by atoms with Gasteiger partial charge in [-0.25, -0.2) is 0 Å². The summed E-state index contributed by atoms with van der Waals surface area (Å²) in [6, 6.07) is 7.62. The molecule has 1 aromatic rings. The van der Waals surface area contributed by atoms with Crippen LogP contribution in [0.3, 0.4) is 0 Å². The first-order valence-corrected chi connectivity index (χ1v) is 7.22. The summed E-state index contributed by atoms with van der Waals surface area (Å²) in [5, 5.41) is 0. The molecule has 0 aliphatic carbocycles. The summed E-state index contributed by atoms with van der Waals surface area (Å²) < 4.78 is 10.8. The van der Waals surface area contributed by atoms with Gasteiger partial charge in [0.15, 0.2) is 0 Å². The minimum atomic E-state index is -0.392. The molecule has 0 saturated carbocycles. The highest BCUT2D eigenvalue weighted by molar-refractivity contribution is 5.71. The van der Waals surface area contributed by atoms with Crippen molar-refractivity contribution in [3.05, 3.63) is 29.8 Å². The zero-order valence-corrected chi connectivity index (χ0v) is 13.4. The van der Waals surface area contributed by atoms with Gasteiger partial charge >= 0.3 is 5.97 Å². The van der Waals surface area contributed by atoms with E-state index in [1.165, 1.54) is 0 Å². The average molecular weight is 295 g/mol. The van der Waals surface area contributed by atoms with Crippen LogP contribution in [0.1, 0.15) is 40.2 Å². The molecule has 21 heavy (non-hydrogen) atoms. The predicted octanol–water partition coefficient (Wildman–Crippen LogP) is 3.04. The summed E-state index contributed by atoms with van der Waals surface area (Å²) >= 11 is 0. The molecule has 5 nitrogen and oxygen atoms in total. The van der Waals surface area contributed by atoms with Crippen LogP contribution in [0, 0.1) is 5.92 Å². The van der Waals surface area contributed by atoms with Crippen LogP contribution in [0.4, 0.5) is 0 Å². The number of hydrogen-bond donors (Lipinski definition) is 1. The van der Waals surface area contributed by atoms with Crippen molar-refractivity contribution >= 4 is 5.97 Å². The second-order valence-corrected chi connectivity index (χ2v) is 5.48. The number of carbonyl (C=O) groups is 1. The number of nitrogens with one attached hydrogen (secondary N) is 1. The van der Waals surface area contributed by atoms with Crippen molar-refractivity contribution in [1.29, 1.82) is 0 Å². The second-order valence-electron chi connectivity index (χ2n) is 5.48. The topological polar surface area (TPSA) is 56.8 Å². The minimum Gasteiger partial charge on any atom is -0.464 e. The molecule has 1 rings (SSSR count). The fourth-order valence-electron chi connectivity index (χ4n) is 1.43. The maximum absolute atomic E-state index is 11.4. The average Bonchev–Trinajstić information content (AvgIpc) is 2.44. The smallest absolute Gasteiger partial charge is 0.308 e. The van der Waals surface area contributed by atoms with Gasteiger partial charge in [0.2, 0.25) is 6.29 Å². The fraction of sp³-hybridized carbons (Fsp3) is 0.562. The maximum Gasteiger partial charge on any atom is 0.308 e. The lowest BCUT2D eigenvalue weighted by Crippen LogP contribution is -2.30. The van der Waals surface area contributed by atoms with Crippen molar-refractivity contribution in [1.82, 2.24) is 5.48 Å². The highest BCUT2D eigenvalue weighted by Gasteiger charge is 2.09. The van der Waals surface area contributed by atoms with Crippen molar-refractivity contribution < 1.29 is 19.1 Å². The number of esters is 1. The lowest BCUT2D eigenvalue weighted by molar-refractivity contribution is -0.148. The molecule has 1 unspecified atom stereocenters. The largest absolute Gasteiger partial charge is 0.464 e. The standard InChI is InChI=1S/C16H25NO4/c1-11(2)16(18)19-10-14-6-8-15(9-7-14)20-13(5)21-17-12(3)4/h6-9,11-13,17H,10H2,1-5H3. The summed E-state index contributed by atoms with van der Waals surface area (Å²) in [5.74, 6) is 0.392. The first-order chi connectivity index (χ1) is 9.88. The van der Waals surface area contributed by atoms with Gasteiger partial charge in [-0.05, 0) is 38.5 Å². The molecule has 0 spiro atoms. The van der Waals surface area contributed by atoms with E-state index in [-0.39, 0.29) is 24.5 Å². The third-order valence-electron chi connectivity index (χ3n) is 2.55. The van der Waals surface area contributed by atoms with E-state index in [2.05, 4.69) is 5.48 Å². The molecule has 0 saturated heterocycles. The molecule has 0 fully saturated rings. The highest BCUT2D eigenvalue weighted by Crippen LogP contribution is 2.15. The Kier molecular flexibility index (Phi) is 7.19. The Hall–Kier alpha value is -1.59. The molecule has 0 radical (unpaired) electrons. The molecule has 1 atom stereocenters. The zero-order valence-electron chi connectivity index (χ0n) is 13.4. The lowest BCUT2D eigenvalue weighted by Gasteiger charge is -2.17. The molecule has 1 aromatic carbocycles. The number of carbonyl (C=O) groups excluding carboxylic acids is 1. The number of hydroxylamine groups is 1. The van der Waals surface area contributed by atoms with Gasteiger partial charge in [-0.3, -0.25) is 9.63 Å². The molecule has 0 bridgehead atoms. The number of ether oxygens (including phenoxy) is 2. The van der Waals surface area contributed by atoms with Gasteiger partial charge in [0.1, 0.15) is 12.4 Å². The van der Waals surface area contributed by atoms with Crippen LogP contribution in [0.15, 0.2) is 24.3 Å². The lowest BCUT2D eigenvalue weighted by atomic mass is 10.2. The van der Waals surface area contributed by atoms with Gasteiger partial charge in [-0.15, -0.1) is 0 Å². The molecule has 0 aromatic heterocycles. The predicted molar refractivity (Wildman–Crippen MR) is 80.5 cm³/mol. The molecular weight excluding hydrogens is 270 g/mol. The number of hydrogen-bond acceptors (Lipinski definition) is 5. The summed E-state index contributed by atoms with van der Waals surface area (Å²) in [6.45, 7) is 9.68. The molecule has 0 aliphatic heterocycles. The van der Waals surface area contributed by atoms with Crippen LogP contribution in [-0.2, 0) is 21.0 Å². The van der Waals surface area contributed by atoms with Crippen molar-refractivity contribution in [2.24, 2.45) is 5.92 Å². The monoisotopic (exact) mass is 295 g/mol. The highest BCUT2D eigenvalue weighted by atomic mass is 16.8. The van der Waals surface area contributed by atoms with E-state index in [9.17, 15) is 4.79 Å².